The lowest BCUT2D eigenvalue weighted by Gasteiger charge is -2.31. The third-order valence-corrected chi connectivity index (χ3v) is 7.14. The van der Waals surface area contributed by atoms with Crippen molar-refractivity contribution in [2.24, 2.45) is 5.92 Å². The average molecular weight is 471 g/mol. The fourth-order valence-corrected chi connectivity index (χ4v) is 5.23. The van der Waals surface area contributed by atoms with Gasteiger partial charge in [0.2, 0.25) is 11.8 Å². The Hall–Kier alpha value is -2.72. The summed E-state index contributed by atoms with van der Waals surface area (Å²) in [5, 5.41) is 14.5. The first-order valence-electron chi connectivity index (χ1n) is 10.5. The van der Waals surface area contributed by atoms with E-state index in [-0.39, 0.29) is 23.5 Å². The number of nitrogens with zero attached hydrogens (tertiary/aromatic N) is 5. The molecule has 1 atom stereocenters. The van der Waals surface area contributed by atoms with E-state index in [4.69, 9.17) is 0 Å². The molecule has 168 valence electrons. The summed E-state index contributed by atoms with van der Waals surface area (Å²) in [6.45, 7) is 7.12. The number of rotatable bonds is 6. The van der Waals surface area contributed by atoms with Crippen molar-refractivity contribution in [3.63, 3.8) is 0 Å². The summed E-state index contributed by atoms with van der Waals surface area (Å²) in [6.07, 6.45) is 3.24. The molecule has 1 aliphatic heterocycles. The van der Waals surface area contributed by atoms with Crippen molar-refractivity contribution < 1.29 is 9.59 Å². The molecular formula is C22H26N6O2S2. The van der Waals surface area contributed by atoms with Gasteiger partial charge in [-0.15, -0.1) is 21.5 Å². The van der Waals surface area contributed by atoms with Gasteiger partial charge in [-0.25, -0.2) is 4.98 Å². The number of thioether (sulfide) groups is 1. The molecule has 1 unspecified atom stereocenters. The van der Waals surface area contributed by atoms with Gasteiger partial charge in [-0.2, -0.15) is 0 Å². The van der Waals surface area contributed by atoms with E-state index in [9.17, 15) is 9.59 Å². The van der Waals surface area contributed by atoms with Crippen LogP contribution < -0.4 is 5.32 Å². The second kappa shape index (κ2) is 9.83. The average Bonchev–Trinajstić information content (AvgIpc) is 3.43. The van der Waals surface area contributed by atoms with E-state index in [1.807, 2.05) is 16.9 Å². The molecule has 32 heavy (non-hydrogen) atoms. The molecule has 0 spiro atoms. The van der Waals surface area contributed by atoms with Crippen LogP contribution in [0.3, 0.4) is 0 Å². The topological polar surface area (TPSA) is 93.0 Å². The molecule has 0 radical (unpaired) electrons. The van der Waals surface area contributed by atoms with Gasteiger partial charge in [-0.05, 0) is 50.8 Å². The first-order chi connectivity index (χ1) is 15.4. The number of piperidine rings is 1. The molecule has 4 rings (SSSR count). The molecule has 3 aromatic rings. The zero-order chi connectivity index (χ0) is 22.7. The number of benzene rings is 1. The monoisotopic (exact) mass is 470 g/mol. The summed E-state index contributed by atoms with van der Waals surface area (Å²) in [6, 6.07) is 6.26. The molecule has 2 aromatic heterocycles. The van der Waals surface area contributed by atoms with Gasteiger partial charge in [0, 0.05) is 24.7 Å². The van der Waals surface area contributed by atoms with Gasteiger partial charge in [-0.3, -0.25) is 14.2 Å². The number of hydrogen-bond donors (Lipinski definition) is 1. The largest absolute Gasteiger partial charge is 0.341 e. The third-order valence-electron chi connectivity index (χ3n) is 5.53. The summed E-state index contributed by atoms with van der Waals surface area (Å²) >= 11 is 2.77. The highest BCUT2D eigenvalue weighted by atomic mass is 32.2. The van der Waals surface area contributed by atoms with Gasteiger partial charge in [-0.1, -0.05) is 23.9 Å². The molecule has 10 heteroatoms. The number of aryl methyl sites for hydroxylation is 3. The number of amides is 2. The van der Waals surface area contributed by atoms with Crippen LogP contribution in [-0.2, 0) is 9.59 Å². The Kier molecular flexibility index (Phi) is 6.90. The van der Waals surface area contributed by atoms with Gasteiger partial charge < -0.3 is 10.2 Å². The molecule has 3 heterocycles. The van der Waals surface area contributed by atoms with Crippen LogP contribution in [0, 0.1) is 26.7 Å². The Labute approximate surface area is 195 Å². The predicted octanol–water partition coefficient (Wildman–Crippen LogP) is 3.62. The Morgan fingerprint density at radius 1 is 1.25 bits per heavy atom. The van der Waals surface area contributed by atoms with Gasteiger partial charge in [0.05, 0.1) is 17.4 Å². The Balaban J connectivity index is 1.40. The fraction of sp³-hybridized carbons (Fsp3) is 0.409. The number of likely N-dealkylation sites (tertiary alicyclic amines) is 1. The van der Waals surface area contributed by atoms with E-state index in [0.717, 1.165) is 35.5 Å². The first-order valence-corrected chi connectivity index (χ1v) is 12.4. The van der Waals surface area contributed by atoms with Crippen LogP contribution in [-0.4, -0.2) is 55.3 Å². The highest BCUT2D eigenvalue weighted by Gasteiger charge is 2.29. The van der Waals surface area contributed by atoms with Crippen molar-refractivity contribution >= 4 is 40.0 Å². The number of hydrogen-bond acceptors (Lipinski definition) is 7. The normalized spacial score (nSPS) is 16.2. The minimum Gasteiger partial charge on any atom is -0.341 e. The minimum absolute atomic E-state index is 0.00918. The smallest absolute Gasteiger partial charge is 0.233 e. The quantitative estimate of drug-likeness (QED) is 0.553. The molecule has 2 amide bonds. The molecule has 8 nitrogen and oxygen atoms in total. The summed E-state index contributed by atoms with van der Waals surface area (Å²) in [7, 11) is 0. The predicted molar refractivity (Wildman–Crippen MR) is 126 cm³/mol. The molecule has 0 aliphatic carbocycles. The van der Waals surface area contributed by atoms with Crippen molar-refractivity contribution in [1.29, 1.82) is 0 Å². The number of thiazole rings is 1. The van der Waals surface area contributed by atoms with Crippen molar-refractivity contribution in [3.8, 4) is 5.69 Å². The van der Waals surface area contributed by atoms with Crippen LogP contribution in [0.2, 0.25) is 0 Å². The number of anilines is 1. The maximum atomic E-state index is 12.9. The lowest BCUT2D eigenvalue weighted by Crippen LogP contribution is -2.44. The third kappa shape index (κ3) is 5.02. The fourth-order valence-electron chi connectivity index (χ4n) is 3.80. The van der Waals surface area contributed by atoms with Crippen molar-refractivity contribution in [2.75, 3.05) is 24.2 Å². The number of carbonyl (C=O) groups excluding carboxylic acids is 2. The van der Waals surface area contributed by atoms with E-state index >= 15 is 0 Å². The second-order valence-electron chi connectivity index (χ2n) is 7.95. The van der Waals surface area contributed by atoms with Gasteiger partial charge in [0.25, 0.3) is 0 Å². The van der Waals surface area contributed by atoms with E-state index in [2.05, 4.69) is 52.5 Å². The van der Waals surface area contributed by atoms with Gasteiger partial charge in [0.1, 0.15) is 5.82 Å². The Bertz CT molecular complexity index is 1110. The number of carbonyl (C=O) groups is 2. The molecular weight excluding hydrogens is 444 g/mol. The summed E-state index contributed by atoms with van der Waals surface area (Å²) in [5.74, 6) is 0.752. The lowest BCUT2D eigenvalue weighted by atomic mass is 9.97. The van der Waals surface area contributed by atoms with Crippen LogP contribution in [0.5, 0.6) is 0 Å². The minimum atomic E-state index is -0.220. The zero-order valence-electron chi connectivity index (χ0n) is 18.4. The van der Waals surface area contributed by atoms with Crippen LogP contribution in [0.1, 0.15) is 29.8 Å². The Morgan fingerprint density at radius 2 is 2.09 bits per heavy atom. The number of nitrogens with one attached hydrogen (secondary N) is 1. The van der Waals surface area contributed by atoms with E-state index < -0.39 is 0 Å². The summed E-state index contributed by atoms with van der Waals surface area (Å²) in [5.41, 5.74) is 3.30. The molecule has 1 fully saturated rings. The zero-order valence-corrected chi connectivity index (χ0v) is 20.0. The van der Waals surface area contributed by atoms with Crippen molar-refractivity contribution in [1.82, 2.24) is 24.6 Å². The van der Waals surface area contributed by atoms with Crippen LogP contribution >= 0.6 is 23.1 Å². The van der Waals surface area contributed by atoms with Gasteiger partial charge in [0.15, 0.2) is 10.3 Å². The van der Waals surface area contributed by atoms with E-state index in [1.165, 1.54) is 23.1 Å². The molecule has 1 N–H and O–H groups in total. The number of aromatic nitrogens is 4. The molecule has 1 aromatic carbocycles. The molecule has 0 bridgehead atoms. The summed E-state index contributed by atoms with van der Waals surface area (Å²) < 4.78 is 2.00. The van der Waals surface area contributed by atoms with E-state index in [1.54, 1.807) is 11.1 Å². The standard InChI is InChI=1S/C22H26N6O2S2/c1-14-6-7-15(2)18(11-14)28-16(3)25-26-22(28)32-13-19(29)27-9-4-5-17(12-27)20(30)24-21-23-8-10-31-21/h6-8,10-11,17H,4-5,9,12-13H2,1-3H3,(H,23,24,30). The van der Waals surface area contributed by atoms with Crippen LogP contribution in [0.25, 0.3) is 5.69 Å². The summed E-state index contributed by atoms with van der Waals surface area (Å²) in [4.78, 5) is 31.4. The van der Waals surface area contributed by atoms with Crippen molar-refractivity contribution in [2.45, 2.75) is 38.8 Å². The highest BCUT2D eigenvalue weighted by Crippen LogP contribution is 2.26. The maximum absolute atomic E-state index is 12.9. The van der Waals surface area contributed by atoms with E-state index in [0.29, 0.717) is 23.4 Å². The second-order valence-corrected chi connectivity index (χ2v) is 9.79. The maximum Gasteiger partial charge on any atom is 0.233 e. The Morgan fingerprint density at radius 3 is 2.88 bits per heavy atom. The molecule has 1 saturated heterocycles. The first kappa shape index (κ1) is 22.5. The SMILES string of the molecule is Cc1ccc(C)c(-n2c(C)nnc2SCC(=O)N2CCCC(C(=O)Nc3nccs3)C2)c1. The molecule has 0 saturated carbocycles. The lowest BCUT2D eigenvalue weighted by molar-refractivity contribution is -0.132. The molecule has 1 aliphatic rings. The van der Waals surface area contributed by atoms with Crippen molar-refractivity contribution in [3.05, 3.63) is 46.7 Å². The van der Waals surface area contributed by atoms with Gasteiger partial charge >= 0.3 is 0 Å². The highest BCUT2D eigenvalue weighted by molar-refractivity contribution is 7.99. The van der Waals surface area contributed by atoms with Crippen LogP contribution in [0.15, 0.2) is 34.9 Å². The van der Waals surface area contributed by atoms with Crippen LogP contribution in [0.4, 0.5) is 5.13 Å².